The van der Waals surface area contributed by atoms with Gasteiger partial charge in [-0.05, 0) is 0 Å². The molecule has 0 bridgehead atoms. The maximum atomic E-state index is 4.18. The molecule has 2 heterocycles. The second kappa shape index (κ2) is 1.69. The van der Waals surface area contributed by atoms with Crippen LogP contribution in [0.5, 0.6) is 0 Å². The second-order valence-electron chi connectivity index (χ2n) is 1.44. The molecule has 0 aliphatic carbocycles. The molecule has 3 heteroatoms. The van der Waals surface area contributed by atoms with Crippen LogP contribution in [0.2, 0.25) is 0 Å². The summed E-state index contributed by atoms with van der Waals surface area (Å²) >= 11 is 2.28. The molecule has 0 fully saturated rings. The predicted molar refractivity (Wildman–Crippen MR) is 36.6 cm³/mol. The Morgan fingerprint density at radius 2 is 2.62 bits per heavy atom. The number of hydrogen-bond acceptors (Lipinski definition) is 2. The van der Waals surface area contributed by atoms with E-state index in [0.717, 1.165) is 0 Å². The molecule has 0 aliphatic heterocycles. The quantitative estimate of drug-likeness (QED) is 0.569. The molecule has 0 radical (unpaired) electrons. The van der Waals surface area contributed by atoms with Gasteiger partial charge in [0, 0.05) is 0 Å². The van der Waals surface area contributed by atoms with Gasteiger partial charge in [-0.15, -0.1) is 0 Å². The van der Waals surface area contributed by atoms with Crippen LogP contribution >= 0.6 is 11.3 Å². The van der Waals surface area contributed by atoms with Crippen LogP contribution in [-0.2, 0) is 0 Å². The Hall–Kier alpha value is -0.111. The van der Waals surface area contributed by atoms with Gasteiger partial charge in [0.1, 0.15) is 0 Å². The van der Waals surface area contributed by atoms with Gasteiger partial charge < -0.3 is 0 Å². The molecule has 2 rings (SSSR count). The van der Waals surface area contributed by atoms with Crippen molar-refractivity contribution in [2.24, 2.45) is 0 Å². The van der Waals surface area contributed by atoms with Crippen molar-refractivity contribution in [2.45, 2.75) is 0 Å². The van der Waals surface area contributed by atoms with Gasteiger partial charge in [-0.2, -0.15) is 0 Å². The third-order valence-corrected chi connectivity index (χ3v) is 3.74. The molecule has 2 aromatic rings. The van der Waals surface area contributed by atoms with E-state index in [1.807, 2.05) is 5.07 Å². The third kappa shape index (κ3) is 0.558. The fraction of sp³-hybridized carbons (Fsp3) is 0. The van der Waals surface area contributed by atoms with Crippen molar-refractivity contribution in [3.05, 3.63) is 16.5 Å². The van der Waals surface area contributed by atoms with Crippen LogP contribution in [0.4, 0.5) is 0 Å². The van der Waals surface area contributed by atoms with E-state index in [1.165, 1.54) is 9.09 Å². The van der Waals surface area contributed by atoms with E-state index in [0.29, 0.717) is 14.5 Å². The van der Waals surface area contributed by atoms with E-state index in [2.05, 4.69) is 16.4 Å². The number of thiophene rings is 1. The van der Waals surface area contributed by atoms with Gasteiger partial charge in [0.2, 0.25) is 0 Å². The fourth-order valence-electron chi connectivity index (χ4n) is 0.604. The van der Waals surface area contributed by atoms with Gasteiger partial charge in [0.15, 0.2) is 0 Å². The molecule has 0 saturated carbocycles. The number of rotatable bonds is 0. The normalized spacial score (nSPS) is 10.5. The first kappa shape index (κ1) is 4.74. The van der Waals surface area contributed by atoms with Gasteiger partial charge in [-0.1, -0.05) is 0 Å². The SMILES string of the molecule is c1cc2[se]cnc2s1. The molecule has 0 spiro atoms. The zero-order valence-electron chi connectivity index (χ0n) is 4.00. The van der Waals surface area contributed by atoms with Gasteiger partial charge >= 0.3 is 56.4 Å². The predicted octanol–water partition coefficient (Wildman–Crippen LogP) is 1.35. The Kier molecular flexibility index (Phi) is 1.00. The van der Waals surface area contributed by atoms with E-state index >= 15 is 0 Å². The molecule has 0 atom stereocenters. The number of aromatic nitrogens is 1. The first-order chi connectivity index (χ1) is 3.97. The summed E-state index contributed by atoms with van der Waals surface area (Å²) < 4.78 is 1.45. The van der Waals surface area contributed by atoms with Gasteiger partial charge in [0.05, 0.1) is 0 Å². The van der Waals surface area contributed by atoms with Crippen LogP contribution < -0.4 is 0 Å². The van der Waals surface area contributed by atoms with Gasteiger partial charge in [-0.25, -0.2) is 0 Å². The van der Waals surface area contributed by atoms with Crippen molar-refractivity contribution in [3.8, 4) is 0 Å². The molecule has 0 aromatic carbocycles. The number of nitrogens with zero attached hydrogens (tertiary/aromatic N) is 1. The molecule has 8 heavy (non-hydrogen) atoms. The summed E-state index contributed by atoms with van der Waals surface area (Å²) in [6, 6.07) is 2.16. The van der Waals surface area contributed by atoms with Crippen molar-refractivity contribution in [1.82, 2.24) is 4.98 Å². The van der Waals surface area contributed by atoms with Crippen LogP contribution in [0.15, 0.2) is 16.5 Å². The maximum absolute atomic E-state index is 4.18. The van der Waals surface area contributed by atoms with Crippen LogP contribution in [0.3, 0.4) is 0 Å². The summed E-state index contributed by atoms with van der Waals surface area (Å²) in [7, 11) is 0. The van der Waals surface area contributed by atoms with Gasteiger partial charge in [0.25, 0.3) is 0 Å². The van der Waals surface area contributed by atoms with Crippen LogP contribution in [-0.4, -0.2) is 19.5 Å². The first-order valence-electron chi connectivity index (χ1n) is 2.23. The van der Waals surface area contributed by atoms with Crippen LogP contribution in [0, 0.1) is 0 Å². The molecule has 0 N–H and O–H groups in total. The molecular formula is C5H3NSSe. The summed E-state index contributed by atoms with van der Waals surface area (Å²) in [6.07, 6.45) is 0. The Bertz CT molecular complexity index is 234. The summed E-state index contributed by atoms with van der Waals surface area (Å²) in [5, 5.41) is 4.12. The van der Waals surface area contributed by atoms with Crippen LogP contribution in [0.25, 0.3) is 9.09 Å². The second-order valence-corrected chi connectivity index (χ2v) is 4.20. The fourth-order valence-corrected chi connectivity index (χ4v) is 3.33. The van der Waals surface area contributed by atoms with Crippen molar-refractivity contribution >= 4 is 34.9 Å². The van der Waals surface area contributed by atoms with Crippen molar-refractivity contribution in [2.75, 3.05) is 0 Å². The Morgan fingerprint density at radius 1 is 1.62 bits per heavy atom. The molecule has 0 aliphatic rings. The summed E-state index contributed by atoms with van der Waals surface area (Å²) in [4.78, 5) is 5.41. The molecule has 0 saturated heterocycles. The topological polar surface area (TPSA) is 12.9 Å². The average molecular weight is 188 g/mol. The van der Waals surface area contributed by atoms with E-state index in [-0.39, 0.29) is 0 Å². The van der Waals surface area contributed by atoms with Crippen molar-refractivity contribution in [3.63, 3.8) is 0 Å². The summed E-state index contributed by atoms with van der Waals surface area (Å²) in [5.41, 5.74) is 0. The average Bonchev–Trinajstić information content (AvgIpc) is 2.15. The van der Waals surface area contributed by atoms with Crippen molar-refractivity contribution in [1.29, 1.82) is 0 Å². The standard InChI is InChI=1S/C5H3NSSe/c1-2-7-5-4(1)8-3-6-5/h1-3H. The number of fused-ring (bicyclic) bond motifs is 1. The van der Waals surface area contributed by atoms with E-state index < -0.39 is 0 Å². The minimum atomic E-state index is 0.551. The molecule has 40 valence electrons. The van der Waals surface area contributed by atoms with Gasteiger partial charge in [-0.3, -0.25) is 0 Å². The minimum absolute atomic E-state index is 0.551. The van der Waals surface area contributed by atoms with Crippen molar-refractivity contribution < 1.29 is 0 Å². The monoisotopic (exact) mass is 189 g/mol. The van der Waals surface area contributed by atoms with E-state index in [4.69, 9.17) is 0 Å². The first-order valence-corrected chi connectivity index (χ1v) is 4.96. The molecule has 1 nitrogen and oxygen atoms in total. The number of hydrogen-bond donors (Lipinski definition) is 0. The van der Waals surface area contributed by atoms with Crippen LogP contribution in [0.1, 0.15) is 0 Å². The summed E-state index contributed by atoms with van der Waals surface area (Å²) in [6.45, 7) is 0. The Balaban J connectivity index is 3.06. The molecule has 0 amide bonds. The Morgan fingerprint density at radius 3 is 3.50 bits per heavy atom. The van der Waals surface area contributed by atoms with E-state index in [1.54, 1.807) is 11.3 Å². The molecule has 0 unspecified atom stereocenters. The molecular weight excluding hydrogens is 185 g/mol. The van der Waals surface area contributed by atoms with E-state index in [9.17, 15) is 0 Å². The summed E-state index contributed by atoms with van der Waals surface area (Å²) in [5.74, 6) is 0. The zero-order chi connectivity index (χ0) is 5.40. The Labute approximate surface area is 56.7 Å². The zero-order valence-corrected chi connectivity index (χ0v) is 6.53. The third-order valence-electron chi connectivity index (χ3n) is 0.960. The molecule has 2 aromatic heterocycles.